The van der Waals surface area contributed by atoms with Crippen molar-refractivity contribution in [2.45, 2.75) is 69.9 Å². The second kappa shape index (κ2) is 6.44. The van der Waals surface area contributed by atoms with Gasteiger partial charge in [-0.25, -0.2) is 0 Å². The lowest BCUT2D eigenvalue weighted by Crippen LogP contribution is -2.42. The van der Waals surface area contributed by atoms with Gasteiger partial charge in [0.25, 0.3) is 0 Å². The van der Waals surface area contributed by atoms with E-state index in [-0.39, 0.29) is 6.61 Å². The van der Waals surface area contributed by atoms with Gasteiger partial charge in [0.2, 0.25) is 0 Å². The van der Waals surface area contributed by atoms with Crippen LogP contribution >= 0.6 is 11.8 Å². The maximum absolute atomic E-state index is 9.16. The van der Waals surface area contributed by atoms with Crippen LogP contribution in [0.25, 0.3) is 0 Å². The molecule has 0 saturated heterocycles. The van der Waals surface area contributed by atoms with Crippen LogP contribution in [-0.4, -0.2) is 28.3 Å². The van der Waals surface area contributed by atoms with Gasteiger partial charge in [-0.05, 0) is 30.6 Å². The van der Waals surface area contributed by atoms with Crippen LogP contribution in [0.4, 0.5) is 0 Å². The van der Waals surface area contributed by atoms with E-state index in [1.54, 1.807) is 0 Å². The number of thioether (sulfide) groups is 1. The zero-order chi connectivity index (χ0) is 13.1. The molecule has 0 aromatic carbocycles. The fourth-order valence-electron chi connectivity index (χ4n) is 2.65. The molecule has 0 aromatic rings. The summed E-state index contributed by atoms with van der Waals surface area (Å²) in [5.74, 6) is 0.788. The average molecular weight is 259 g/mol. The van der Waals surface area contributed by atoms with Crippen molar-refractivity contribution in [3.05, 3.63) is 0 Å². The molecular weight excluding hydrogens is 230 g/mol. The lowest BCUT2D eigenvalue weighted by atomic mass is 9.69. The van der Waals surface area contributed by atoms with E-state index in [4.69, 9.17) is 10.8 Å². The van der Waals surface area contributed by atoms with E-state index in [1.807, 2.05) is 11.8 Å². The molecular formula is C14H29NOS. The van der Waals surface area contributed by atoms with Crippen LogP contribution in [0.5, 0.6) is 0 Å². The normalized spacial score (nSPS) is 32.5. The molecule has 0 aromatic heterocycles. The molecule has 0 bridgehead atoms. The Labute approximate surface area is 111 Å². The van der Waals surface area contributed by atoms with Crippen molar-refractivity contribution < 1.29 is 5.11 Å². The molecule has 3 heteroatoms. The number of aliphatic hydroxyl groups excluding tert-OH is 1. The van der Waals surface area contributed by atoms with Crippen LogP contribution in [-0.2, 0) is 0 Å². The van der Waals surface area contributed by atoms with Gasteiger partial charge in [-0.2, -0.15) is 11.8 Å². The molecule has 1 rings (SSSR count). The summed E-state index contributed by atoms with van der Waals surface area (Å²) in [6, 6.07) is 0.318. The van der Waals surface area contributed by atoms with Gasteiger partial charge in [0.1, 0.15) is 0 Å². The van der Waals surface area contributed by atoms with Gasteiger partial charge in [-0.15, -0.1) is 0 Å². The summed E-state index contributed by atoms with van der Waals surface area (Å²) in [6.45, 7) is 9.39. The first-order valence-electron chi connectivity index (χ1n) is 6.92. The minimum absolute atomic E-state index is 0.260. The molecule has 17 heavy (non-hydrogen) atoms. The molecule has 0 heterocycles. The lowest BCUT2D eigenvalue weighted by Gasteiger charge is -2.42. The smallest absolute Gasteiger partial charge is 0.0547 e. The molecule has 0 amide bonds. The van der Waals surface area contributed by atoms with E-state index in [9.17, 15) is 0 Å². The van der Waals surface area contributed by atoms with Crippen LogP contribution in [0.15, 0.2) is 0 Å². The highest BCUT2D eigenvalue weighted by Gasteiger charge is 2.36. The Morgan fingerprint density at radius 1 is 1.41 bits per heavy atom. The highest BCUT2D eigenvalue weighted by Crippen LogP contribution is 2.43. The molecule has 0 radical (unpaired) electrons. The van der Waals surface area contributed by atoms with E-state index >= 15 is 0 Å². The monoisotopic (exact) mass is 259 g/mol. The third-order valence-electron chi connectivity index (χ3n) is 4.52. The fourth-order valence-corrected chi connectivity index (χ4v) is 4.01. The molecule has 3 N–H and O–H groups in total. The summed E-state index contributed by atoms with van der Waals surface area (Å²) in [7, 11) is 0. The first-order valence-corrected chi connectivity index (χ1v) is 7.87. The second-order valence-corrected chi connectivity index (χ2v) is 7.87. The van der Waals surface area contributed by atoms with Crippen molar-refractivity contribution in [1.29, 1.82) is 0 Å². The molecule has 1 fully saturated rings. The molecule has 1 aliphatic rings. The van der Waals surface area contributed by atoms with Crippen LogP contribution in [0.1, 0.15) is 53.4 Å². The number of aliphatic hydroxyl groups is 1. The minimum Gasteiger partial charge on any atom is -0.395 e. The summed E-state index contributed by atoms with van der Waals surface area (Å²) in [6.07, 6.45) is 4.87. The second-order valence-electron chi connectivity index (χ2n) is 6.18. The van der Waals surface area contributed by atoms with Crippen molar-refractivity contribution >= 4 is 11.8 Å². The predicted molar refractivity (Wildman–Crippen MR) is 77.3 cm³/mol. The summed E-state index contributed by atoms with van der Waals surface area (Å²) in [5, 5.41) is 10.0. The van der Waals surface area contributed by atoms with Gasteiger partial charge in [0.05, 0.1) is 6.61 Å². The standard InChI is InChI=1S/C14H29NOS/c1-5-14(3,4)11-6-7-12(15)13(8-11)17-10(2)9-16/h10-13,16H,5-9,15H2,1-4H3. The zero-order valence-electron chi connectivity index (χ0n) is 11.8. The van der Waals surface area contributed by atoms with Gasteiger partial charge < -0.3 is 10.8 Å². The Morgan fingerprint density at radius 3 is 2.59 bits per heavy atom. The summed E-state index contributed by atoms with van der Waals surface area (Å²) in [4.78, 5) is 0. The van der Waals surface area contributed by atoms with Crippen molar-refractivity contribution in [3.63, 3.8) is 0 Å². The molecule has 1 saturated carbocycles. The predicted octanol–water partition coefficient (Wildman–Crippen LogP) is 3.03. The molecule has 2 nitrogen and oxygen atoms in total. The third-order valence-corrected chi connectivity index (χ3v) is 6.03. The number of hydrogen-bond acceptors (Lipinski definition) is 3. The van der Waals surface area contributed by atoms with Gasteiger partial charge in [-0.3, -0.25) is 0 Å². The van der Waals surface area contributed by atoms with E-state index in [1.165, 1.54) is 19.3 Å². The molecule has 0 aliphatic heterocycles. The number of rotatable bonds is 5. The Balaban J connectivity index is 2.59. The summed E-state index contributed by atoms with van der Waals surface area (Å²) in [5.41, 5.74) is 6.66. The Hall–Kier alpha value is 0.270. The quantitative estimate of drug-likeness (QED) is 0.798. The SMILES string of the molecule is CCC(C)(C)C1CCC(N)C(SC(C)CO)C1. The Kier molecular flexibility index (Phi) is 5.81. The van der Waals surface area contributed by atoms with Crippen molar-refractivity contribution in [2.24, 2.45) is 17.1 Å². The lowest BCUT2D eigenvalue weighted by molar-refractivity contribution is 0.148. The molecule has 4 unspecified atom stereocenters. The van der Waals surface area contributed by atoms with E-state index in [2.05, 4.69) is 27.7 Å². The van der Waals surface area contributed by atoms with E-state index < -0.39 is 0 Å². The van der Waals surface area contributed by atoms with Gasteiger partial charge >= 0.3 is 0 Å². The molecule has 0 spiro atoms. The van der Waals surface area contributed by atoms with Crippen LogP contribution in [0.2, 0.25) is 0 Å². The molecule has 102 valence electrons. The minimum atomic E-state index is 0.260. The van der Waals surface area contributed by atoms with Crippen molar-refractivity contribution in [3.8, 4) is 0 Å². The largest absolute Gasteiger partial charge is 0.395 e. The fraction of sp³-hybridized carbons (Fsp3) is 1.00. The zero-order valence-corrected chi connectivity index (χ0v) is 12.6. The molecule has 4 atom stereocenters. The first-order chi connectivity index (χ1) is 7.90. The Morgan fingerprint density at radius 2 is 2.06 bits per heavy atom. The van der Waals surface area contributed by atoms with Crippen LogP contribution in [0, 0.1) is 11.3 Å². The van der Waals surface area contributed by atoms with Gasteiger partial charge in [0, 0.05) is 16.5 Å². The van der Waals surface area contributed by atoms with Gasteiger partial charge in [-0.1, -0.05) is 34.1 Å². The number of nitrogens with two attached hydrogens (primary N) is 1. The summed E-state index contributed by atoms with van der Waals surface area (Å²) < 4.78 is 0. The maximum atomic E-state index is 9.16. The van der Waals surface area contributed by atoms with E-state index in [0.29, 0.717) is 22.0 Å². The highest BCUT2D eigenvalue weighted by molar-refractivity contribution is 8.00. The third kappa shape index (κ3) is 4.15. The van der Waals surface area contributed by atoms with Gasteiger partial charge in [0.15, 0.2) is 0 Å². The van der Waals surface area contributed by atoms with Crippen molar-refractivity contribution in [1.82, 2.24) is 0 Å². The Bertz CT molecular complexity index is 232. The highest BCUT2D eigenvalue weighted by atomic mass is 32.2. The maximum Gasteiger partial charge on any atom is 0.0547 e. The van der Waals surface area contributed by atoms with E-state index in [0.717, 1.165) is 12.3 Å². The van der Waals surface area contributed by atoms with Crippen LogP contribution in [0.3, 0.4) is 0 Å². The number of hydrogen-bond donors (Lipinski definition) is 2. The van der Waals surface area contributed by atoms with Crippen molar-refractivity contribution in [2.75, 3.05) is 6.61 Å². The summed E-state index contributed by atoms with van der Waals surface area (Å²) >= 11 is 1.88. The average Bonchev–Trinajstić information content (AvgIpc) is 2.31. The van der Waals surface area contributed by atoms with Crippen LogP contribution < -0.4 is 5.73 Å². The topological polar surface area (TPSA) is 46.2 Å². The molecule has 1 aliphatic carbocycles. The first kappa shape index (κ1) is 15.3.